The number of aliphatic imine (C=N–C) groups is 1. The van der Waals surface area contributed by atoms with Crippen LogP contribution >= 0.6 is 0 Å². The van der Waals surface area contributed by atoms with Crippen molar-refractivity contribution in [2.45, 2.75) is 25.4 Å². The van der Waals surface area contributed by atoms with Crippen molar-refractivity contribution >= 4 is 17.6 Å². The number of anilines is 1. The molecule has 0 aromatic heterocycles. The Morgan fingerprint density at radius 1 is 1.13 bits per heavy atom. The number of nitrogens with one attached hydrogen (secondary N) is 2. The lowest BCUT2D eigenvalue weighted by molar-refractivity contribution is -0.117. The Morgan fingerprint density at radius 2 is 1.83 bits per heavy atom. The summed E-state index contributed by atoms with van der Waals surface area (Å²) in [5.74, 6) is 0.659. The molecule has 2 aromatic carbocycles. The minimum atomic E-state index is -0.234. The number of rotatable bonds is 7. The number of guanidine groups is 1. The maximum atomic E-state index is 13.2. The Kier molecular flexibility index (Phi) is 7.41. The lowest BCUT2D eigenvalue weighted by atomic mass is 10.1. The first kappa shape index (κ1) is 21.8. The maximum absolute atomic E-state index is 13.2. The molecule has 160 valence electrons. The molecular weight excluding hydrogens is 381 g/mol. The number of likely N-dealkylation sites (N-methyl/N-ethyl adjacent to an activating group) is 1. The van der Waals surface area contributed by atoms with Gasteiger partial charge in [0, 0.05) is 38.8 Å². The summed E-state index contributed by atoms with van der Waals surface area (Å²) < 4.78 is 13.2. The third kappa shape index (κ3) is 5.57. The van der Waals surface area contributed by atoms with Crippen molar-refractivity contribution in [1.29, 1.82) is 0 Å². The molecule has 0 spiro atoms. The van der Waals surface area contributed by atoms with Crippen LogP contribution in [0, 0.1) is 5.82 Å². The van der Waals surface area contributed by atoms with Crippen LogP contribution in [-0.2, 0) is 11.3 Å². The Morgan fingerprint density at radius 3 is 2.40 bits per heavy atom. The average molecular weight is 412 g/mol. The molecule has 1 unspecified atom stereocenters. The van der Waals surface area contributed by atoms with E-state index in [-0.39, 0.29) is 17.8 Å². The summed E-state index contributed by atoms with van der Waals surface area (Å²) in [6.07, 6.45) is 1.56. The quantitative estimate of drug-likeness (QED) is 0.543. The fourth-order valence-corrected chi connectivity index (χ4v) is 3.60. The zero-order valence-electron chi connectivity index (χ0n) is 17.9. The molecule has 0 saturated carbocycles. The SMILES string of the molecule is CN=C(NCc1ccc(N2CCCC2=O)cc1)NCC(c1ccc(F)cc1)N(C)C. The first-order valence-electron chi connectivity index (χ1n) is 10.2. The number of amides is 1. The molecule has 2 N–H and O–H groups in total. The molecule has 0 bridgehead atoms. The van der Waals surface area contributed by atoms with Gasteiger partial charge in [-0.05, 0) is 55.9 Å². The van der Waals surface area contributed by atoms with Crippen LogP contribution in [0.15, 0.2) is 53.5 Å². The van der Waals surface area contributed by atoms with E-state index in [1.807, 2.05) is 55.4 Å². The van der Waals surface area contributed by atoms with E-state index in [1.165, 1.54) is 12.1 Å². The molecule has 6 nitrogen and oxygen atoms in total. The molecule has 1 fully saturated rings. The van der Waals surface area contributed by atoms with Gasteiger partial charge < -0.3 is 20.4 Å². The first-order valence-corrected chi connectivity index (χ1v) is 10.2. The van der Waals surface area contributed by atoms with Gasteiger partial charge in [-0.25, -0.2) is 4.39 Å². The monoisotopic (exact) mass is 411 g/mol. The van der Waals surface area contributed by atoms with Gasteiger partial charge in [0.05, 0.1) is 6.04 Å². The van der Waals surface area contributed by atoms with Crippen molar-refractivity contribution in [2.24, 2.45) is 4.99 Å². The molecule has 1 atom stereocenters. The lowest BCUT2D eigenvalue weighted by Crippen LogP contribution is -2.41. The fourth-order valence-electron chi connectivity index (χ4n) is 3.60. The number of nitrogens with zero attached hydrogens (tertiary/aromatic N) is 3. The van der Waals surface area contributed by atoms with Crippen LogP contribution in [0.25, 0.3) is 0 Å². The number of hydrogen-bond acceptors (Lipinski definition) is 3. The third-order valence-corrected chi connectivity index (χ3v) is 5.35. The van der Waals surface area contributed by atoms with E-state index < -0.39 is 0 Å². The number of benzene rings is 2. The van der Waals surface area contributed by atoms with Crippen LogP contribution in [0.4, 0.5) is 10.1 Å². The zero-order chi connectivity index (χ0) is 21.5. The topological polar surface area (TPSA) is 60.0 Å². The molecule has 7 heteroatoms. The van der Waals surface area contributed by atoms with Crippen LogP contribution in [0.3, 0.4) is 0 Å². The van der Waals surface area contributed by atoms with E-state index in [0.29, 0.717) is 25.5 Å². The fraction of sp³-hybridized carbons (Fsp3) is 0.391. The predicted octanol–water partition coefficient (Wildman–Crippen LogP) is 2.92. The van der Waals surface area contributed by atoms with E-state index in [0.717, 1.165) is 29.8 Å². The summed E-state index contributed by atoms with van der Waals surface area (Å²) in [6.45, 7) is 2.06. The summed E-state index contributed by atoms with van der Waals surface area (Å²) in [5.41, 5.74) is 3.10. The molecule has 0 radical (unpaired) electrons. The minimum Gasteiger partial charge on any atom is -0.354 e. The molecule has 0 aliphatic carbocycles. The highest BCUT2D eigenvalue weighted by atomic mass is 19.1. The molecule has 1 aliphatic heterocycles. The van der Waals surface area contributed by atoms with Crippen LogP contribution < -0.4 is 15.5 Å². The highest BCUT2D eigenvalue weighted by Gasteiger charge is 2.21. The summed E-state index contributed by atoms with van der Waals surface area (Å²) in [7, 11) is 5.73. The van der Waals surface area contributed by atoms with E-state index in [9.17, 15) is 9.18 Å². The smallest absolute Gasteiger partial charge is 0.227 e. The van der Waals surface area contributed by atoms with Crippen LogP contribution in [0.1, 0.15) is 30.0 Å². The second kappa shape index (κ2) is 10.2. The molecule has 3 rings (SSSR count). The Bertz CT molecular complexity index is 864. The minimum absolute atomic E-state index is 0.0847. The third-order valence-electron chi connectivity index (χ3n) is 5.35. The number of hydrogen-bond donors (Lipinski definition) is 2. The van der Waals surface area contributed by atoms with Gasteiger partial charge in [0.25, 0.3) is 0 Å². The first-order chi connectivity index (χ1) is 14.5. The number of carbonyl (C=O) groups is 1. The summed E-state index contributed by atoms with van der Waals surface area (Å²) in [6, 6.07) is 14.7. The van der Waals surface area contributed by atoms with E-state index in [2.05, 4.69) is 20.5 Å². The predicted molar refractivity (Wildman–Crippen MR) is 119 cm³/mol. The molecular formula is C23H30FN5O. The van der Waals surface area contributed by atoms with E-state index in [4.69, 9.17) is 0 Å². The normalized spacial score (nSPS) is 15.6. The molecule has 2 aromatic rings. The van der Waals surface area contributed by atoms with Gasteiger partial charge in [-0.1, -0.05) is 24.3 Å². The van der Waals surface area contributed by atoms with Gasteiger partial charge in [-0.3, -0.25) is 9.79 Å². The van der Waals surface area contributed by atoms with Crippen LogP contribution in [0.5, 0.6) is 0 Å². The highest BCUT2D eigenvalue weighted by Crippen LogP contribution is 2.21. The van der Waals surface area contributed by atoms with Crippen molar-refractivity contribution in [3.63, 3.8) is 0 Å². The molecule has 1 saturated heterocycles. The maximum Gasteiger partial charge on any atom is 0.227 e. The van der Waals surface area contributed by atoms with E-state index in [1.54, 1.807) is 7.05 Å². The zero-order valence-corrected chi connectivity index (χ0v) is 17.9. The molecule has 1 amide bonds. The van der Waals surface area contributed by atoms with Crippen molar-refractivity contribution in [3.8, 4) is 0 Å². The highest BCUT2D eigenvalue weighted by molar-refractivity contribution is 5.95. The Balaban J connectivity index is 1.54. The second-order valence-electron chi connectivity index (χ2n) is 7.65. The molecule has 30 heavy (non-hydrogen) atoms. The van der Waals surface area contributed by atoms with Crippen molar-refractivity contribution < 1.29 is 9.18 Å². The van der Waals surface area contributed by atoms with Gasteiger partial charge in [0.2, 0.25) is 5.91 Å². The van der Waals surface area contributed by atoms with Gasteiger partial charge >= 0.3 is 0 Å². The standard InChI is InChI=1S/C23H30FN5O/c1-25-23(27-16-21(28(2)3)18-8-10-19(24)11-9-18)26-15-17-6-12-20(13-7-17)29-14-4-5-22(29)30/h6-13,21H,4-5,14-16H2,1-3H3,(H2,25,26,27). The van der Waals surface area contributed by atoms with Crippen molar-refractivity contribution in [3.05, 3.63) is 65.5 Å². The summed E-state index contributed by atoms with van der Waals surface area (Å²) >= 11 is 0. The Hall–Kier alpha value is -2.93. The van der Waals surface area contributed by atoms with Gasteiger partial charge in [0.1, 0.15) is 5.82 Å². The van der Waals surface area contributed by atoms with Crippen LogP contribution in [-0.4, -0.2) is 51.0 Å². The second-order valence-corrected chi connectivity index (χ2v) is 7.65. The van der Waals surface area contributed by atoms with E-state index >= 15 is 0 Å². The van der Waals surface area contributed by atoms with Crippen molar-refractivity contribution in [2.75, 3.05) is 39.1 Å². The largest absolute Gasteiger partial charge is 0.354 e. The Labute approximate surface area is 177 Å². The summed E-state index contributed by atoms with van der Waals surface area (Å²) in [5, 5.41) is 6.66. The lowest BCUT2D eigenvalue weighted by Gasteiger charge is -2.26. The molecule has 1 heterocycles. The van der Waals surface area contributed by atoms with Gasteiger partial charge in [0.15, 0.2) is 5.96 Å². The van der Waals surface area contributed by atoms with Gasteiger partial charge in [-0.2, -0.15) is 0 Å². The molecule has 1 aliphatic rings. The summed E-state index contributed by atoms with van der Waals surface area (Å²) in [4.78, 5) is 20.1. The number of carbonyl (C=O) groups excluding carboxylic acids is 1. The number of halogens is 1. The van der Waals surface area contributed by atoms with Crippen LogP contribution in [0.2, 0.25) is 0 Å². The van der Waals surface area contributed by atoms with Crippen molar-refractivity contribution in [1.82, 2.24) is 15.5 Å². The van der Waals surface area contributed by atoms with Gasteiger partial charge in [-0.15, -0.1) is 0 Å². The average Bonchev–Trinajstić information content (AvgIpc) is 3.17.